The molecule has 0 bridgehead atoms. The van der Waals surface area contributed by atoms with E-state index in [4.69, 9.17) is 0 Å². The molecule has 1 atom stereocenters. The Morgan fingerprint density at radius 3 is 0.819 bits per heavy atom. The lowest BCUT2D eigenvalue weighted by atomic mass is 9.63. The Morgan fingerprint density at radius 1 is 0.241 bits per heavy atom. The zero-order valence-electron chi connectivity index (χ0n) is 66.9. The third kappa shape index (κ3) is 12.0. The third-order valence-electron chi connectivity index (χ3n) is 24.4. The molecule has 0 spiro atoms. The smallest absolute Gasteiger partial charge is 0.115 e. The van der Waals surface area contributed by atoms with Gasteiger partial charge in [0.1, 0.15) is 5.54 Å². The van der Waals surface area contributed by atoms with E-state index in [0.717, 1.165) is 12.1 Å². The van der Waals surface area contributed by atoms with E-state index in [2.05, 4.69) is 458 Å². The van der Waals surface area contributed by atoms with E-state index in [1.807, 2.05) is 0 Å². The Morgan fingerprint density at radius 2 is 0.500 bits per heavy atom. The van der Waals surface area contributed by atoms with Crippen LogP contribution in [0.5, 0.6) is 0 Å². The molecule has 2 aliphatic carbocycles. The van der Waals surface area contributed by atoms with Crippen molar-refractivity contribution in [2.75, 3.05) is 20.0 Å². The van der Waals surface area contributed by atoms with Crippen LogP contribution in [0, 0.1) is 55.4 Å². The van der Waals surface area contributed by atoms with Crippen molar-refractivity contribution in [1.82, 2.24) is 0 Å². The second-order valence-electron chi connectivity index (χ2n) is 31.3. The highest BCUT2D eigenvalue weighted by molar-refractivity contribution is 6.31. The van der Waals surface area contributed by atoms with Crippen LogP contribution in [0.25, 0.3) is 81.3 Å². The topological polar surface area (TPSA) is 21.8 Å². The molecular weight excluding hydrogens is 1400 g/mol. The van der Waals surface area contributed by atoms with E-state index < -0.39 is 5.54 Å². The van der Waals surface area contributed by atoms with Gasteiger partial charge >= 0.3 is 0 Å². The number of allylic oxidation sites excluding steroid dienone is 3. The third-order valence-corrected chi connectivity index (χ3v) is 24.4. The van der Waals surface area contributed by atoms with E-state index >= 15 is 0 Å². The van der Waals surface area contributed by atoms with Crippen LogP contribution in [-0.4, -0.2) is 0 Å². The fourth-order valence-electron chi connectivity index (χ4n) is 19.0. The number of hydrogen-bond acceptors (Lipinski definition) is 4. The number of nitrogens with one attached hydrogen (secondary N) is 1. The summed E-state index contributed by atoms with van der Waals surface area (Å²) in [7, 11) is 0. The molecule has 1 N–H and O–H groups in total. The highest BCUT2D eigenvalue weighted by Gasteiger charge is 2.47. The number of anilines is 10. The van der Waals surface area contributed by atoms with Crippen LogP contribution in [-0.2, 0) is 5.54 Å². The first-order valence-corrected chi connectivity index (χ1v) is 40.6. The Labute approximate surface area is 681 Å². The summed E-state index contributed by atoms with van der Waals surface area (Å²) >= 11 is 0. The summed E-state index contributed by atoms with van der Waals surface area (Å²) in [5.41, 5.74) is 32.4. The molecule has 20 rings (SSSR count). The minimum absolute atomic E-state index is 0.643. The molecule has 2 aliphatic rings. The summed E-state index contributed by atoms with van der Waals surface area (Å²) < 4.78 is 0. The number of aryl methyl sites for hydroxylation is 8. The lowest BCUT2D eigenvalue weighted by molar-refractivity contribution is 0.678. The predicted octanol–water partition coefficient (Wildman–Crippen LogP) is 30.9. The van der Waals surface area contributed by atoms with Gasteiger partial charge in [-0.3, -0.25) is 0 Å². The van der Waals surface area contributed by atoms with Gasteiger partial charge in [-0.25, -0.2) is 0 Å². The zero-order chi connectivity index (χ0) is 78.7. The number of nitrogens with zero attached hydrogens (tertiary/aromatic N) is 3. The van der Waals surface area contributed by atoms with Crippen LogP contribution in [0.1, 0.15) is 73.2 Å². The van der Waals surface area contributed by atoms with Crippen LogP contribution < -0.4 is 20.0 Å². The molecule has 0 aromatic heterocycles. The number of para-hydroxylation sites is 7. The first kappa shape index (κ1) is 72.2. The van der Waals surface area contributed by atoms with Crippen molar-refractivity contribution < 1.29 is 0 Å². The molecule has 0 saturated heterocycles. The average Bonchev–Trinajstić information content (AvgIpc) is 0.689. The van der Waals surface area contributed by atoms with Gasteiger partial charge in [-0.15, -0.1) is 0 Å². The zero-order valence-corrected chi connectivity index (χ0v) is 66.9. The molecule has 0 fully saturated rings. The average molecular weight is 1490 g/mol. The van der Waals surface area contributed by atoms with E-state index in [1.165, 1.54) is 210 Å². The standard InChI is InChI=1S/C56H44N2.C56H46N2/c1-37-21-5-17-33-49(37)57(50-34-18-6-22-38(50)2)55-45-29-13-9-25-41(45)53(42-26-10-14-30-46(42)55)54-43-27-11-15-31-47(43)56(48-32-16-12-28-44(48)54)58(51-35-19-7-23-39(51)3)52-36-20-8-24-40(52)4;1-37-21-5-15-31-47(37)56(57-50-34-18-6-22-38(50)2)48-32-16-13-29-45(48)54(46-30-14-17-33-49(46)56)53-41-25-9-11-27-43(41)55(44-28-12-10-26-42(44)53)58(51-35-19-7-23-39(51)3)52-36-20-8-24-40(52)4/h5-36H,1-4H3;5-29,31-36,57H,30H2,1-4H3. The molecule has 0 saturated carbocycles. The molecule has 0 radical (unpaired) electrons. The van der Waals surface area contributed by atoms with Gasteiger partial charge in [0.25, 0.3) is 0 Å². The number of fused-ring (bicyclic) bond motifs is 8. The van der Waals surface area contributed by atoms with Crippen molar-refractivity contribution in [1.29, 1.82) is 0 Å². The number of rotatable bonds is 14. The second-order valence-corrected chi connectivity index (χ2v) is 31.3. The van der Waals surface area contributed by atoms with Crippen molar-refractivity contribution in [3.8, 4) is 11.1 Å². The molecule has 18 aromatic rings. The maximum Gasteiger partial charge on any atom is 0.115 e. The maximum absolute atomic E-state index is 4.25. The Balaban J connectivity index is 0.000000155. The predicted molar refractivity (Wildman–Crippen MR) is 497 cm³/mol. The highest BCUT2D eigenvalue weighted by atomic mass is 15.2. The molecule has 558 valence electrons. The monoisotopic (exact) mass is 1490 g/mol. The largest absolute Gasteiger partial charge is 0.368 e. The molecule has 0 aliphatic heterocycles. The van der Waals surface area contributed by atoms with E-state index in [0.29, 0.717) is 0 Å². The van der Waals surface area contributed by atoms with Crippen molar-refractivity contribution in [2.24, 2.45) is 0 Å². The maximum atomic E-state index is 4.25. The van der Waals surface area contributed by atoms with Crippen LogP contribution in [0.2, 0.25) is 0 Å². The first-order chi connectivity index (χ1) is 57.0. The fraction of sp³-hybridized carbons (Fsp3) is 0.0893. The second kappa shape index (κ2) is 30.1. The minimum Gasteiger partial charge on any atom is -0.368 e. The molecule has 4 heteroatoms. The quantitative estimate of drug-likeness (QED) is 0.110. The molecule has 18 aromatic carbocycles. The molecule has 116 heavy (non-hydrogen) atoms. The Kier molecular flexibility index (Phi) is 18.8. The summed E-state index contributed by atoms with van der Waals surface area (Å²) in [6, 6.07) is 134. The minimum atomic E-state index is -0.643. The first-order valence-electron chi connectivity index (χ1n) is 40.6. The molecule has 0 heterocycles. The van der Waals surface area contributed by atoms with Crippen molar-refractivity contribution in [3.63, 3.8) is 0 Å². The van der Waals surface area contributed by atoms with Gasteiger partial charge in [0, 0.05) is 72.1 Å². The number of benzene rings is 18. The van der Waals surface area contributed by atoms with Gasteiger partial charge in [-0.2, -0.15) is 0 Å². The van der Waals surface area contributed by atoms with Gasteiger partial charge in [0.05, 0.1) is 17.1 Å². The van der Waals surface area contributed by atoms with Gasteiger partial charge in [0.15, 0.2) is 0 Å². The lowest BCUT2D eigenvalue weighted by Crippen LogP contribution is -2.43. The highest BCUT2D eigenvalue weighted by Crippen LogP contribution is 2.60. The summed E-state index contributed by atoms with van der Waals surface area (Å²) in [5.74, 6) is 0. The van der Waals surface area contributed by atoms with Gasteiger partial charge in [0.2, 0.25) is 0 Å². The van der Waals surface area contributed by atoms with Gasteiger partial charge in [-0.1, -0.05) is 340 Å². The summed E-state index contributed by atoms with van der Waals surface area (Å²) in [6.07, 6.45) is 7.80. The molecule has 1 unspecified atom stereocenters. The molecule has 4 nitrogen and oxygen atoms in total. The van der Waals surface area contributed by atoms with E-state index in [1.54, 1.807) is 0 Å². The van der Waals surface area contributed by atoms with E-state index in [9.17, 15) is 0 Å². The summed E-state index contributed by atoms with van der Waals surface area (Å²) in [6.45, 7) is 17.8. The van der Waals surface area contributed by atoms with E-state index in [-0.39, 0.29) is 0 Å². The molecular formula is C112H90N4. The van der Waals surface area contributed by atoms with Gasteiger partial charge < -0.3 is 20.0 Å². The van der Waals surface area contributed by atoms with Crippen LogP contribution in [0.4, 0.5) is 56.9 Å². The van der Waals surface area contributed by atoms with Crippen molar-refractivity contribution >= 4 is 127 Å². The Hall–Kier alpha value is -14.1. The van der Waals surface area contributed by atoms with Crippen LogP contribution in [0.3, 0.4) is 0 Å². The fourth-order valence-corrected chi connectivity index (χ4v) is 19.0. The Bertz CT molecular complexity index is 6530. The summed E-state index contributed by atoms with van der Waals surface area (Å²) in [4.78, 5) is 7.51. The van der Waals surface area contributed by atoms with Crippen LogP contribution >= 0.6 is 0 Å². The molecule has 0 amide bonds. The summed E-state index contributed by atoms with van der Waals surface area (Å²) in [5, 5.41) is 18.9. The SMILES string of the molecule is Cc1ccccc1N(c1ccccc1C)c1c2ccccc2c(-c2c3ccccc3c(N(c3ccccc3C)c3ccccc3C)c3ccccc23)c2ccccc12.Cc1ccccc1NC1(c2ccccc2C)C2=CC=CCC2=C(c2c3ccccc3c(N(c3ccccc3C)c3ccccc3C)c3ccccc23)c2ccccc21. The normalized spacial score (nSPS) is 13.7. The van der Waals surface area contributed by atoms with Crippen molar-refractivity contribution in [3.05, 3.63) is 460 Å². The van der Waals surface area contributed by atoms with Gasteiger partial charge in [-0.05, 0) is 231 Å². The van der Waals surface area contributed by atoms with Crippen molar-refractivity contribution in [2.45, 2.75) is 67.3 Å². The van der Waals surface area contributed by atoms with Crippen LogP contribution in [0.15, 0.2) is 393 Å². The lowest BCUT2D eigenvalue weighted by Gasteiger charge is -2.47. The number of hydrogen-bond donors (Lipinski definition) is 1.